The lowest BCUT2D eigenvalue weighted by Gasteiger charge is -2.04. The number of nitrogens with zero attached hydrogens (tertiary/aromatic N) is 1. The van der Waals surface area contributed by atoms with E-state index in [1.54, 1.807) is 16.7 Å². The number of aromatic carboxylic acids is 1. The molecule has 0 aliphatic rings. The molecule has 6 heteroatoms. The number of aromatic nitrogens is 1. The van der Waals surface area contributed by atoms with Gasteiger partial charge in [-0.3, -0.25) is 0 Å². The number of carbonyl (C=O) groups is 1. The average molecular weight is 274 g/mol. The van der Waals surface area contributed by atoms with Crippen LogP contribution in [-0.4, -0.2) is 27.4 Å². The summed E-state index contributed by atoms with van der Waals surface area (Å²) in [6, 6.07) is 3.17. The Labute approximate surface area is 107 Å². The van der Waals surface area contributed by atoms with Crippen LogP contribution >= 0.6 is 23.2 Å². The number of rotatable bonds is 3. The summed E-state index contributed by atoms with van der Waals surface area (Å²) in [5, 5.41) is 19.2. The zero-order valence-electron chi connectivity index (χ0n) is 8.65. The van der Waals surface area contributed by atoms with Crippen LogP contribution in [0.4, 0.5) is 0 Å². The molecule has 90 valence electrons. The molecule has 0 aliphatic carbocycles. The molecule has 2 N–H and O–H groups in total. The summed E-state index contributed by atoms with van der Waals surface area (Å²) < 4.78 is 1.59. The minimum absolute atomic E-state index is 0.105. The van der Waals surface area contributed by atoms with Gasteiger partial charge in [-0.05, 0) is 6.07 Å². The summed E-state index contributed by atoms with van der Waals surface area (Å²) in [6.07, 6.45) is 1.45. The van der Waals surface area contributed by atoms with Crippen LogP contribution in [0.1, 0.15) is 10.4 Å². The molecule has 1 aromatic heterocycles. The van der Waals surface area contributed by atoms with E-state index in [1.807, 2.05) is 0 Å². The van der Waals surface area contributed by atoms with Gasteiger partial charge in [0, 0.05) is 18.1 Å². The van der Waals surface area contributed by atoms with Crippen molar-refractivity contribution in [2.24, 2.45) is 0 Å². The summed E-state index contributed by atoms with van der Waals surface area (Å²) in [4.78, 5) is 11.1. The third kappa shape index (κ3) is 1.99. The number of carboxylic acid groups (broad SMARTS) is 1. The quantitative estimate of drug-likeness (QED) is 0.904. The van der Waals surface area contributed by atoms with Gasteiger partial charge in [-0.2, -0.15) is 0 Å². The first-order valence-electron chi connectivity index (χ1n) is 4.87. The number of fused-ring (bicyclic) bond motifs is 1. The second-order valence-corrected chi connectivity index (χ2v) is 4.31. The van der Waals surface area contributed by atoms with Gasteiger partial charge >= 0.3 is 5.97 Å². The highest BCUT2D eigenvalue weighted by Gasteiger charge is 2.17. The Morgan fingerprint density at radius 2 is 2.06 bits per heavy atom. The van der Waals surface area contributed by atoms with E-state index in [-0.39, 0.29) is 18.7 Å². The topological polar surface area (TPSA) is 62.5 Å². The van der Waals surface area contributed by atoms with Crippen molar-refractivity contribution in [1.29, 1.82) is 0 Å². The van der Waals surface area contributed by atoms with Crippen LogP contribution in [0, 0.1) is 0 Å². The van der Waals surface area contributed by atoms with Gasteiger partial charge in [0.2, 0.25) is 0 Å². The van der Waals surface area contributed by atoms with Crippen molar-refractivity contribution >= 4 is 40.1 Å². The first kappa shape index (κ1) is 12.2. The smallest absolute Gasteiger partial charge is 0.337 e. The van der Waals surface area contributed by atoms with E-state index in [0.717, 1.165) is 0 Å². The van der Waals surface area contributed by atoms with Gasteiger partial charge in [0.05, 0.1) is 27.7 Å². The van der Waals surface area contributed by atoms with E-state index in [4.69, 9.17) is 33.4 Å². The summed E-state index contributed by atoms with van der Waals surface area (Å²) in [7, 11) is 0. The van der Waals surface area contributed by atoms with Crippen molar-refractivity contribution in [2.75, 3.05) is 6.61 Å². The Balaban J connectivity index is 2.81. The molecule has 1 aromatic carbocycles. The molecule has 0 radical (unpaired) electrons. The van der Waals surface area contributed by atoms with Crippen molar-refractivity contribution < 1.29 is 15.0 Å². The lowest BCUT2D eigenvalue weighted by Crippen LogP contribution is -2.01. The average Bonchev–Trinajstić information content (AvgIpc) is 2.64. The van der Waals surface area contributed by atoms with Crippen molar-refractivity contribution in [1.82, 2.24) is 4.57 Å². The lowest BCUT2D eigenvalue weighted by molar-refractivity contribution is 0.0698. The molecule has 0 saturated carbocycles. The maximum atomic E-state index is 11.1. The molecule has 0 atom stereocenters. The van der Waals surface area contributed by atoms with Crippen LogP contribution in [-0.2, 0) is 6.54 Å². The first-order valence-corrected chi connectivity index (χ1v) is 5.63. The van der Waals surface area contributed by atoms with Crippen LogP contribution < -0.4 is 0 Å². The molecular weight excluding hydrogens is 265 g/mol. The zero-order valence-corrected chi connectivity index (χ0v) is 10.2. The van der Waals surface area contributed by atoms with Crippen molar-refractivity contribution in [3.05, 3.63) is 33.9 Å². The molecule has 4 nitrogen and oxygen atoms in total. The second kappa shape index (κ2) is 4.56. The molecular formula is C11H9Cl2NO3. The highest BCUT2D eigenvalue weighted by molar-refractivity contribution is 6.45. The standard InChI is InChI=1S/C11H9Cl2NO3/c12-8-2-1-6-7(11(16)17)5-14(3-4-15)10(6)9(8)13/h1-2,5,15H,3-4H2,(H,16,17). The zero-order chi connectivity index (χ0) is 12.6. The number of aliphatic hydroxyl groups is 1. The summed E-state index contributed by atoms with van der Waals surface area (Å²) >= 11 is 12.0. The minimum atomic E-state index is -1.04. The fourth-order valence-electron chi connectivity index (χ4n) is 1.78. The van der Waals surface area contributed by atoms with Crippen LogP contribution in [0.2, 0.25) is 10.0 Å². The number of halogens is 2. The van der Waals surface area contributed by atoms with E-state index in [1.165, 1.54) is 6.20 Å². The molecule has 17 heavy (non-hydrogen) atoms. The van der Waals surface area contributed by atoms with Crippen LogP contribution in [0.3, 0.4) is 0 Å². The van der Waals surface area contributed by atoms with Gasteiger partial charge in [0.15, 0.2) is 0 Å². The number of benzene rings is 1. The first-order chi connectivity index (χ1) is 8.06. The number of carboxylic acids is 1. The van der Waals surface area contributed by atoms with Crippen LogP contribution in [0.15, 0.2) is 18.3 Å². The largest absolute Gasteiger partial charge is 0.478 e. The number of aliphatic hydroxyl groups excluding tert-OH is 1. The molecule has 0 unspecified atom stereocenters. The van der Waals surface area contributed by atoms with E-state index < -0.39 is 5.97 Å². The van der Waals surface area contributed by atoms with Gasteiger partial charge in [-0.1, -0.05) is 29.3 Å². The van der Waals surface area contributed by atoms with Crippen LogP contribution in [0.5, 0.6) is 0 Å². The van der Waals surface area contributed by atoms with Gasteiger partial charge < -0.3 is 14.8 Å². The molecule has 0 fully saturated rings. The predicted molar refractivity (Wildman–Crippen MR) is 66.0 cm³/mol. The molecule has 0 spiro atoms. The van der Waals surface area contributed by atoms with E-state index in [0.29, 0.717) is 20.9 Å². The van der Waals surface area contributed by atoms with E-state index >= 15 is 0 Å². The third-order valence-corrected chi connectivity index (χ3v) is 3.30. The Kier molecular flexibility index (Phi) is 3.28. The normalized spacial score (nSPS) is 11.0. The summed E-state index contributed by atoms with van der Waals surface area (Å²) in [5.41, 5.74) is 0.678. The number of hydrogen-bond donors (Lipinski definition) is 2. The molecule has 0 saturated heterocycles. The Bertz CT molecular complexity index is 592. The summed E-state index contributed by atoms with van der Waals surface area (Å²) in [5.74, 6) is -1.04. The van der Waals surface area contributed by atoms with Crippen molar-refractivity contribution in [3.63, 3.8) is 0 Å². The number of hydrogen-bond acceptors (Lipinski definition) is 2. The fourth-order valence-corrected chi connectivity index (χ4v) is 2.21. The predicted octanol–water partition coefficient (Wildman–Crippen LogP) is 2.64. The highest BCUT2D eigenvalue weighted by Crippen LogP contribution is 2.33. The molecule has 0 aliphatic heterocycles. The van der Waals surface area contributed by atoms with Gasteiger partial charge in [0.1, 0.15) is 0 Å². The Hall–Kier alpha value is -1.23. The molecule has 0 amide bonds. The van der Waals surface area contributed by atoms with Crippen molar-refractivity contribution in [3.8, 4) is 0 Å². The summed E-state index contributed by atoms with van der Waals surface area (Å²) in [6.45, 7) is 0.162. The van der Waals surface area contributed by atoms with E-state index in [9.17, 15) is 4.79 Å². The highest BCUT2D eigenvalue weighted by atomic mass is 35.5. The Morgan fingerprint density at radius 3 is 2.65 bits per heavy atom. The maximum Gasteiger partial charge on any atom is 0.337 e. The van der Waals surface area contributed by atoms with Gasteiger partial charge in [-0.25, -0.2) is 4.79 Å². The van der Waals surface area contributed by atoms with E-state index in [2.05, 4.69) is 0 Å². The van der Waals surface area contributed by atoms with Gasteiger partial charge in [0.25, 0.3) is 0 Å². The van der Waals surface area contributed by atoms with Gasteiger partial charge in [-0.15, -0.1) is 0 Å². The third-order valence-electron chi connectivity index (χ3n) is 2.50. The Morgan fingerprint density at radius 1 is 1.35 bits per heavy atom. The molecule has 0 bridgehead atoms. The monoisotopic (exact) mass is 273 g/mol. The fraction of sp³-hybridized carbons (Fsp3) is 0.182. The molecule has 2 rings (SSSR count). The lowest BCUT2D eigenvalue weighted by atomic mass is 10.2. The molecule has 1 heterocycles. The minimum Gasteiger partial charge on any atom is -0.478 e. The second-order valence-electron chi connectivity index (χ2n) is 3.52. The van der Waals surface area contributed by atoms with Crippen molar-refractivity contribution in [2.45, 2.75) is 6.54 Å². The van der Waals surface area contributed by atoms with Crippen LogP contribution in [0.25, 0.3) is 10.9 Å². The maximum absolute atomic E-state index is 11.1. The SMILES string of the molecule is O=C(O)c1cn(CCO)c2c(Cl)c(Cl)ccc12. The molecule has 2 aromatic rings.